The summed E-state index contributed by atoms with van der Waals surface area (Å²) in [6.07, 6.45) is 4.99. The lowest BCUT2D eigenvalue weighted by Crippen LogP contribution is -2.24. The summed E-state index contributed by atoms with van der Waals surface area (Å²) in [4.78, 5) is 6.15. The Kier molecular flexibility index (Phi) is 3.14. The molecule has 23 heavy (non-hydrogen) atoms. The molecule has 5 nitrogen and oxygen atoms in total. The molecule has 1 fully saturated rings. The van der Waals surface area contributed by atoms with Crippen molar-refractivity contribution in [3.8, 4) is 0 Å². The number of anilines is 2. The number of hydrogen-bond acceptors (Lipinski definition) is 4. The summed E-state index contributed by atoms with van der Waals surface area (Å²) >= 11 is 0. The monoisotopic (exact) mass is 315 g/mol. The second-order valence-electron chi connectivity index (χ2n) is 5.64. The standard InChI is InChI=1S/C16H15F2N5/c17-10-4-5-12(18)11(9-10)13-3-1-7-22(13)16-14(19)15-20-6-2-8-23(15)21-16/h2,4-6,8-9,13H,1,3,7,19H2. The predicted molar refractivity (Wildman–Crippen MR) is 83.1 cm³/mol. The van der Waals surface area contributed by atoms with Gasteiger partial charge in [0.15, 0.2) is 11.5 Å². The minimum absolute atomic E-state index is 0.280. The Morgan fingerprint density at radius 2 is 2.13 bits per heavy atom. The number of hydrogen-bond donors (Lipinski definition) is 1. The lowest BCUT2D eigenvalue weighted by Gasteiger charge is -2.25. The van der Waals surface area contributed by atoms with Crippen molar-refractivity contribution >= 4 is 17.2 Å². The molecule has 1 aromatic carbocycles. The smallest absolute Gasteiger partial charge is 0.180 e. The molecule has 2 aromatic heterocycles. The van der Waals surface area contributed by atoms with Crippen molar-refractivity contribution in [1.82, 2.24) is 14.6 Å². The van der Waals surface area contributed by atoms with Gasteiger partial charge >= 0.3 is 0 Å². The van der Waals surface area contributed by atoms with Crippen LogP contribution in [0.1, 0.15) is 24.4 Å². The van der Waals surface area contributed by atoms with E-state index in [-0.39, 0.29) is 6.04 Å². The molecule has 0 amide bonds. The Labute approximate surface area is 131 Å². The third-order valence-electron chi connectivity index (χ3n) is 4.25. The molecule has 3 heterocycles. The minimum Gasteiger partial charge on any atom is -0.393 e. The van der Waals surface area contributed by atoms with Crippen LogP contribution in [0.25, 0.3) is 5.65 Å². The molecular formula is C16H15F2N5. The first-order valence-electron chi connectivity index (χ1n) is 7.45. The van der Waals surface area contributed by atoms with Gasteiger partial charge in [0, 0.05) is 24.5 Å². The highest BCUT2D eigenvalue weighted by molar-refractivity contribution is 5.78. The van der Waals surface area contributed by atoms with Gasteiger partial charge in [0.1, 0.15) is 17.3 Å². The van der Waals surface area contributed by atoms with E-state index >= 15 is 0 Å². The highest BCUT2D eigenvalue weighted by Gasteiger charge is 2.32. The Bertz CT molecular complexity index is 876. The third kappa shape index (κ3) is 2.19. The predicted octanol–water partition coefficient (Wildman–Crippen LogP) is 2.93. The van der Waals surface area contributed by atoms with Crippen LogP contribution in [0.3, 0.4) is 0 Å². The average Bonchev–Trinajstić information content (AvgIpc) is 3.15. The molecule has 0 radical (unpaired) electrons. The number of rotatable bonds is 2. The maximum absolute atomic E-state index is 14.2. The number of aromatic nitrogens is 3. The van der Waals surface area contributed by atoms with Gasteiger partial charge in [-0.2, -0.15) is 0 Å². The molecule has 1 aliphatic heterocycles. The van der Waals surface area contributed by atoms with Crippen molar-refractivity contribution in [2.45, 2.75) is 18.9 Å². The van der Waals surface area contributed by atoms with Gasteiger partial charge in [-0.25, -0.2) is 18.3 Å². The van der Waals surface area contributed by atoms with Crippen LogP contribution in [0.15, 0.2) is 36.7 Å². The van der Waals surface area contributed by atoms with Crippen LogP contribution in [0.2, 0.25) is 0 Å². The van der Waals surface area contributed by atoms with Crippen LogP contribution in [0.5, 0.6) is 0 Å². The number of fused-ring (bicyclic) bond motifs is 1. The van der Waals surface area contributed by atoms with Crippen molar-refractivity contribution in [2.75, 3.05) is 17.2 Å². The third-order valence-corrected chi connectivity index (χ3v) is 4.25. The summed E-state index contributed by atoms with van der Waals surface area (Å²) in [5.41, 5.74) is 7.53. The van der Waals surface area contributed by atoms with Gasteiger partial charge in [-0.05, 0) is 37.1 Å². The van der Waals surface area contributed by atoms with Crippen LogP contribution in [-0.2, 0) is 0 Å². The molecule has 1 unspecified atom stereocenters. The topological polar surface area (TPSA) is 59.5 Å². The first kappa shape index (κ1) is 13.9. The second-order valence-corrected chi connectivity index (χ2v) is 5.64. The molecule has 1 atom stereocenters. The highest BCUT2D eigenvalue weighted by atomic mass is 19.1. The number of nitrogens with zero attached hydrogens (tertiary/aromatic N) is 4. The highest BCUT2D eigenvalue weighted by Crippen LogP contribution is 2.39. The Morgan fingerprint density at radius 3 is 2.96 bits per heavy atom. The van der Waals surface area contributed by atoms with E-state index in [2.05, 4.69) is 10.1 Å². The molecule has 0 aliphatic carbocycles. The van der Waals surface area contributed by atoms with Crippen LogP contribution in [0, 0.1) is 11.6 Å². The lowest BCUT2D eigenvalue weighted by molar-refractivity contribution is 0.560. The number of benzene rings is 1. The zero-order valence-corrected chi connectivity index (χ0v) is 12.3. The van der Waals surface area contributed by atoms with E-state index in [0.29, 0.717) is 29.3 Å². The van der Waals surface area contributed by atoms with Crippen LogP contribution >= 0.6 is 0 Å². The fraction of sp³-hybridized carbons (Fsp3) is 0.250. The van der Waals surface area contributed by atoms with E-state index in [1.54, 1.807) is 23.0 Å². The second kappa shape index (κ2) is 5.19. The molecule has 2 N–H and O–H groups in total. The molecule has 1 aliphatic rings. The first-order valence-corrected chi connectivity index (χ1v) is 7.45. The largest absolute Gasteiger partial charge is 0.393 e. The summed E-state index contributed by atoms with van der Waals surface area (Å²) in [5.74, 6) is -0.295. The Morgan fingerprint density at radius 1 is 1.26 bits per heavy atom. The van der Waals surface area contributed by atoms with E-state index in [9.17, 15) is 8.78 Å². The first-order chi connectivity index (χ1) is 11.1. The maximum Gasteiger partial charge on any atom is 0.180 e. The van der Waals surface area contributed by atoms with E-state index in [0.717, 1.165) is 25.0 Å². The van der Waals surface area contributed by atoms with Crippen molar-refractivity contribution in [3.63, 3.8) is 0 Å². The molecule has 0 bridgehead atoms. The number of nitrogen functional groups attached to an aromatic ring is 1. The zero-order valence-electron chi connectivity index (χ0n) is 12.3. The minimum atomic E-state index is -0.446. The van der Waals surface area contributed by atoms with Crippen LogP contribution in [-0.4, -0.2) is 21.1 Å². The Balaban J connectivity index is 1.80. The maximum atomic E-state index is 14.2. The molecule has 0 spiro atoms. The van der Waals surface area contributed by atoms with Gasteiger partial charge in [0.05, 0.1) is 6.04 Å². The van der Waals surface area contributed by atoms with E-state index in [4.69, 9.17) is 5.73 Å². The Hall–Kier alpha value is -2.70. The molecule has 7 heteroatoms. The van der Waals surface area contributed by atoms with Crippen molar-refractivity contribution in [1.29, 1.82) is 0 Å². The van der Waals surface area contributed by atoms with Gasteiger partial charge in [-0.15, -0.1) is 5.10 Å². The van der Waals surface area contributed by atoms with Crippen molar-refractivity contribution < 1.29 is 8.78 Å². The fourth-order valence-corrected chi connectivity index (χ4v) is 3.22. The normalized spacial score (nSPS) is 18.0. The molecule has 0 saturated carbocycles. The number of nitrogens with two attached hydrogens (primary N) is 1. The summed E-state index contributed by atoms with van der Waals surface area (Å²) in [5, 5.41) is 4.46. The summed E-state index contributed by atoms with van der Waals surface area (Å²) in [7, 11) is 0. The van der Waals surface area contributed by atoms with Gasteiger partial charge in [0.2, 0.25) is 0 Å². The van der Waals surface area contributed by atoms with Crippen molar-refractivity contribution in [2.24, 2.45) is 0 Å². The summed E-state index contributed by atoms with van der Waals surface area (Å²) in [6.45, 7) is 0.689. The zero-order chi connectivity index (χ0) is 16.0. The van der Waals surface area contributed by atoms with Crippen LogP contribution in [0.4, 0.5) is 20.3 Å². The molecule has 3 aromatic rings. The van der Waals surface area contributed by atoms with Gasteiger partial charge in [-0.3, -0.25) is 0 Å². The van der Waals surface area contributed by atoms with Gasteiger partial charge < -0.3 is 10.6 Å². The molecule has 1 saturated heterocycles. The summed E-state index contributed by atoms with van der Waals surface area (Å²) < 4.78 is 29.3. The molecule has 4 rings (SSSR count). The lowest BCUT2D eigenvalue weighted by atomic mass is 10.0. The fourth-order valence-electron chi connectivity index (χ4n) is 3.22. The van der Waals surface area contributed by atoms with Gasteiger partial charge in [-0.1, -0.05) is 0 Å². The summed E-state index contributed by atoms with van der Waals surface area (Å²) in [6, 6.07) is 5.02. The van der Waals surface area contributed by atoms with E-state index in [1.165, 1.54) is 6.07 Å². The quantitative estimate of drug-likeness (QED) is 0.790. The SMILES string of the molecule is Nc1c(N2CCCC2c2cc(F)ccc2F)nn2cccnc12. The number of halogens is 2. The van der Waals surface area contributed by atoms with Crippen LogP contribution < -0.4 is 10.6 Å². The molecule has 118 valence electrons. The van der Waals surface area contributed by atoms with E-state index < -0.39 is 11.6 Å². The van der Waals surface area contributed by atoms with Gasteiger partial charge in [0.25, 0.3) is 0 Å². The van der Waals surface area contributed by atoms with E-state index in [1.807, 2.05) is 4.90 Å². The molecular weight excluding hydrogens is 300 g/mol. The van der Waals surface area contributed by atoms with Crippen molar-refractivity contribution in [3.05, 3.63) is 53.9 Å². The average molecular weight is 315 g/mol.